The monoisotopic (exact) mass is 255 g/mol. The molecule has 1 unspecified atom stereocenters. The normalized spacial score (nSPS) is 12.2. The molecule has 7 heteroatoms. The molecule has 0 aliphatic heterocycles. The van der Waals surface area contributed by atoms with E-state index >= 15 is 0 Å². The number of hydrogen-bond donors (Lipinski definition) is 2. The van der Waals surface area contributed by atoms with Crippen LogP contribution in [0.1, 0.15) is 0 Å². The summed E-state index contributed by atoms with van der Waals surface area (Å²) in [5.41, 5.74) is 6.28. The van der Waals surface area contributed by atoms with Crippen molar-refractivity contribution in [3.8, 4) is 0 Å². The molecule has 1 atom stereocenters. The number of methoxy groups -OCH3 is 1. The third-order valence-electron chi connectivity index (χ3n) is 2.49. The molecule has 0 saturated carbocycles. The van der Waals surface area contributed by atoms with E-state index in [0.29, 0.717) is 12.2 Å². The summed E-state index contributed by atoms with van der Waals surface area (Å²) in [4.78, 5) is 11.8. The number of likely N-dealkylation sites (N-methyl/N-ethyl adjacent to an activating group) is 1. The van der Waals surface area contributed by atoms with Crippen LogP contribution >= 0.6 is 0 Å². The number of nitro benzene ring substituents is 1. The van der Waals surface area contributed by atoms with Gasteiger partial charge in [0.05, 0.1) is 17.6 Å². The fourth-order valence-electron chi connectivity index (χ4n) is 1.61. The lowest BCUT2D eigenvalue weighted by molar-refractivity contribution is -0.383. The van der Waals surface area contributed by atoms with E-state index in [1.807, 2.05) is 0 Å². The predicted octanol–water partition coefficient (Wildman–Crippen LogP) is 0.620. The van der Waals surface area contributed by atoms with Gasteiger partial charge in [0, 0.05) is 32.5 Å². The molecule has 1 rings (SSSR count). The van der Waals surface area contributed by atoms with Gasteiger partial charge >= 0.3 is 0 Å². The lowest BCUT2D eigenvalue weighted by Crippen LogP contribution is -2.31. The topological polar surface area (TPSA) is 102 Å². The molecule has 3 N–H and O–H groups in total. The molecule has 0 aromatic heterocycles. The minimum atomic E-state index is -0.628. The number of nitrogen functional groups attached to an aromatic ring is 1. The highest BCUT2D eigenvalue weighted by Gasteiger charge is 2.14. The maximum atomic E-state index is 10.6. The van der Waals surface area contributed by atoms with E-state index in [2.05, 4.69) is 0 Å². The summed E-state index contributed by atoms with van der Waals surface area (Å²) in [6, 6.07) is 4.45. The van der Waals surface area contributed by atoms with Crippen LogP contribution in [-0.2, 0) is 4.74 Å². The van der Waals surface area contributed by atoms with Gasteiger partial charge in [0.25, 0.3) is 5.69 Å². The van der Waals surface area contributed by atoms with Crippen molar-refractivity contribution < 1.29 is 14.8 Å². The Kier molecular flexibility index (Phi) is 4.87. The predicted molar refractivity (Wildman–Crippen MR) is 68.7 cm³/mol. The molecule has 0 bridgehead atoms. The van der Waals surface area contributed by atoms with E-state index in [1.54, 1.807) is 18.0 Å². The molecule has 0 heterocycles. The van der Waals surface area contributed by atoms with Crippen molar-refractivity contribution in [3.05, 3.63) is 28.3 Å². The van der Waals surface area contributed by atoms with Crippen LogP contribution in [0.5, 0.6) is 0 Å². The van der Waals surface area contributed by atoms with Gasteiger partial charge in [0.15, 0.2) is 0 Å². The Balaban J connectivity index is 2.78. The average molecular weight is 255 g/mol. The zero-order valence-electron chi connectivity index (χ0n) is 10.4. The summed E-state index contributed by atoms with van der Waals surface area (Å²) in [6.45, 7) is 0.581. The van der Waals surface area contributed by atoms with Gasteiger partial charge in [-0.2, -0.15) is 0 Å². The minimum Gasteiger partial charge on any atom is -0.393 e. The molecule has 1 aromatic carbocycles. The highest BCUT2D eigenvalue weighted by molar-refractivity contribution is 5.66. The van der Waals surface area contributed by atoms with Crippen LogP contribution in [0.2, 0.25) is 0 Å². The number of nitrogens with zero attached hydrogens (tertiary/aromatic N) is 2. The van der Waals surface area contributed by atoms with Crippen LogP contribution in [0.25, 0.3) is 0 Å². The third-order valence-corrected chi connectivity index (χ3v) is 2.49. The maximum absolute atomic E-state index is 10.6. The van der Waals surface area contributed by atoms with Crippen molar-refractivity contribution in [2.24, 2.45) is 0 Å². The van der Waals surface area contributed by atoms with E-state index in [0.717, 1.165) is 0 Å². The van der Waals surface area contributed by atoms with Crippen molar-refractivity contribution >= 4 is 17.1 Å². The summed E-state index contributed by atoms with van der Waals surface area (Å²) >= 11 is 0. The summed E-state index contributed by atoms with van der Waals surface area (Å²) in [7, 11) is 3.27. The van der Waals surface area contributed by atoms with Gasteiger partial charge in [-0.25, -0.2) is 0 Å². The van der Waals surface area contributed by atoms with Crippen LogP contribution in [0.15, 0.2) is 18.2 Å². The molecule has 0 amide bonds. The molecule has 1 aromatic rings. The highest BCUT2D eigenvalue weighted by Crippen LogP contribution is 2.26. The molecular weight excluding hydrogens is 238 g/mol. The molecule has 0 aliphatic carbocycles. The number of aliphatic hydroxyl groups is 1. The maximum Gasteiger partial charge on any atom is 0.292 e. The number of benzene rings is 1. The summed E-state index contributed by atoms with van der Waals surface area (Å²) in [5.74, 6) is 0. The Morgan fingerprint density at radius 1 is 1.61 bits per heavy atom. The first-order valence-corrected chi connectivity index (χ1v) is 5.37. The van der Waals surface area contributed by atoms with E-state index < -0.39 is 11.0 Å². The molecule has 7 nitrogen and oxygen atoms in total. The van der Waals surface area contributed by atoms with Gasteiger partial charge in [0.2, 0.25) is 0 Å². The summed E-state index contributed by atoms with van der Waals surface area (Å²) < 4.78 is 4.82. The van der Waals surface area contributed by atoms with Gasteiger partial charge in [0.1, 0.15) is 5.69 Å². The van der Waals surface area contributed by atoms with Gasteiger partial charge in [-0.05, 0) is 12.1 Å². The first-order valence-electron chi connectivity index (χ1n) is 5.37. The Morgan fingerprint density at radius 2 is 2.28 bits per heavy atom. The van der Waals surface area contributed by atoms with Crippen molar-refractivity contribution in [2.45, 2.75) is 6.10 Å². The van der Waals surface area contributed by atoms with Gasteiger partial charge in [-0.15, -0.1) is 0 Å². The number of ether oxygens (including phenoxy) is 1. The molecule has 18 heavy (non-hydrogen) atoms. The van der Waals surface area contributed by atoms with Crippen molar-refractivity contribution in [3.63, 3.8) is 0 Å². The lowest BCUT2D eigenvalue weighted by atomic mass is 10.2. The van der Waals surface area contributed by atoms with E-state index in [1.165, 1.54) is 19.2 Å². The third kappa shape index (κ3) is 3.57. The summed E-state index contributed by atoms with van der Waals surface area (Å²) in [6.07, 6.45) is -0.628. The van der Waals surface area contributed by atoms with Gasteiger partial charge < -0.3 is 20.5 Å². The van der Waals surface area contributed by atoms with Crippen LogP contribution < -0.4 is 10.6 Å². The number of nitro groups is 1. The van der Waals surface area contributed by atoms with Crippen molar-refractivity contribution in [1.82, 2.24) is 0 Å². The Morgan fingerprint density at radius 3 is 2.78 bits per heavy atom. The van der Waals surface area contributed by atoms with Crippen LogP contribution in [0, 0.1) is 10.1 Å². The van der Waals surface area contributed by atoms with Crippen molar-refractivity contribution in [2.75, 3.05) is 37.9 Å². The van der Waals surface area contributed by atoms with E-state index in [-0.39, 0.29) is 18.0 Å². The molecular formula is C11H17N3O4. The fraction of sp³-hybridized carbons (Fsp3) is 0.455. The second-order valence-corrected chi connectivity index (χ2v) is 3.99. The molecule has 0 radical (unpaired) electrons. The minimum absolute atomic E-state index is 0.102. The second-order valence-electron chi connectivity index (χ2n) is 3.99. The SMILES string of the molecule is COCC(O)CN(C)c1ccc([N+](=O)[O-])c(N)c1. The fourth-order valence-corrected chi connectivity index (χ4v) is 1.61. The number of aliphatic hydroxyl groups excluding tert-OH is 1. The van der Waals surface area contributed by atoms with Crippen LogP contribution in [0.4, 0.5) is 17.1 Å². The number of rotatable bonds is 6. The molecule has 0 saturated heterocycles. The van der Waals surface area contributed by atoms with E-state index in [4.69, 9.17) is 10.5 Å². The molecule has 100 valence electrons. The summed E-state index contributed by atoms with van der Waals surface area (Å²) in [5, 5.41) is 20.2. The Bertz CT molecular complexity index is 425. The van der Waals surface area contributed by atoms with Crippen molar-refractivity contribution in [1.29, 1.82) is 0 Å². The molecule has 0 fully saturated rings. The average Bonchev–Trinajstić information content (AvgIpc) is 2.28. The first kappa shape index (κ1) is 14.2. The Labute approximate surface area is 105 Å². The highest BCUT2D eigenvalue weighted by atomic mass is 16.6. The van der Waals surface area contributed by atoms with Crippen LogP contribution in [0.3, 0.4) is 0 Å². The van der Waals surface area contributed by atoms with Gasteiger partial charge in [-0.3, -0.25) is 10.1 Å². The number of nitrogens with two attached hydrogens (primary N) is 1. The largest absolute Gasteiger partial charge is 0.393 e. The number of hydrogen-bond acceptors (Lipinski definition) is 6. The van der Waals surface area contributed by atoms with E-state index in [9.17, 15) is 15.2 Å². The second kappa shape index (κ2) is 6.18. The zero-order chi connectivity index (χ0) is 13.7. The Hall–Kier alpha value is -1.86. The zero-order valence-corrected chi connectivity index (χ0v) is 10.4. The smallest absolute Gasteiger partial charge is 0.292 e. The molecule has 0 spiro atoms. The number of anilines is 2. The lowest BCUT2D eigenvalue weighted by Gasteiger charge is -2.22. The first-order chi connectivity index (χ1) is 8.45. The van der Waals surface area contributed by atoms with Crippen LogP contribution in [-0.4, -0.2) is 43.4 Å². The van der Waals surface area contributed by atoms with Gasteiger partial charge in [-0.1, -0.05) is 0 Å². The molecule has 0 aliphatic rings. The quantitative estimate of drug-likeness (QED) is 0.439. The standard InChI is InChI=1S/C11H17N3O4/c1-13(6-9(15)7-18-2)8-3-4-11(14(16)17)10(12)5-8/h3-5,9,15H,6-7,12H2,1-2H3.